The largest absolute Gasteiger partial charge is 0.369 e. The van der Waals surface area contributed by atoms with Crippen LogP contribution in [-0.2, 0) is 19.1 Å². The molecule has 0 aliphatic heterocycles. The van der Waals surface area contributed by atoms with Gasteiger partial charge in [0, 0.05) is 23.0 Å². The number of primary amides is 1. The second-order valence-corrected chi connectivity index (χ2v) is 7.04. The summed E-state index contributed by atoms with van der Waals surface area (Å²) < 4.78 is 12.7. The van der Waals surface area contributed by atoms with Crippen molar-refractivity contribution in [2.75, 3.05) is 36.2 Å². The summed E-state index contributed by atoms with van der Waals surface area (Å²) in [7, 11) is 3.18. The van der Waals surface area contributed by atoms with E-state index < -0.39 is 23.0 Å². The molecule has 0 saturated carbocycles. The molecule has 0 unspecified atom stereocenters. The molecule has 0 aromatic rings. The minimum atomic E-state index is -1.70. The van der Waals surface area contributed by atoms with E-state index in [-0.39, 0.29) is 13.2 Å². The van der Waals surface area contributed by atoms with Gasteiger partial charge in [-0.2, -0.15) is 0 Å². The number of halogens is 2. The standard InChI is InChI=1S/C12H22I2N2O4/c1-11(2,9(15)17)12(19-7-5-13,20-8-6-14)10(18)16(3)4/h5-8H2,1-4H3,(H2,15,17). The molecule has 8 heteroatoms. The molecule has 0 fully saturated rings. The number of hydrogen-bond donors (Lipinski definition) is 1. The maximum Gasteiger partial charge on any atom is 0.283 e. The highest BCUT2D eigenvalue weighted by Crippen LogP contribution is 2.37. The monoisotopic (exact) mass is 512 g/mol. The Morgan fingerprint density at radius 2 is 1.50 bits per heavy atom. The predicted octanol–water partition coefficient (Wildman–Crippen LogP) is 1.19. The van der Waals surface area contributed by atoms with Crippen LogP contribution in [0.25, 0.3) is 0 Å². The Morgan fingerprint density at radius 3 is 1.75 bits per heavy atom. The van der Waals surface area contributed by atoms with Crippen LogP contribution in [0, 0.1) is 5.41 Å². The van der Waals surface area contributed by atoms with E-state index in [2.05, 4.69) is 45.2 Å². The Balaban J connectivity index is 5.76. The van der Waals surface area contributed by atoms with E-state index in [1.807, 2.05) is 0 Å². The van der Waals surface area contributed by atoms with Crippen LogP contribution in [0.3, 0.4) is 0 Å². The van der Waals surface area contributed by atoms with Gasteiger partial charge in [0.2, 0.25) is 5.91 Å². The van der Waals surface area contributed by atoms with Gasteiger partial charge in [0.25, 0.3) is 11.7 Å². The SMILES string of the molecule is CN(C)C(=O)C(OCCI)(OCCI)C(C)(C)C(N)=O. The first-order chi connectivity index (χ1) is 9.17. The molecule has 2 N–H and O–H groups in total. The van der Waals surface area contributed by atoms with Crippen LogP contribution < -0.4 is 5.73 Å². The first-order valence-electron chi connectivity index (χ1n) is 6.09. The van der Waals surface area contributed by atoms with Gasteiger partial charge in [-0.05, 0) is 13.8 Å². The van der Waals surface area contributed by atoms with Crippen LogP contribution in [0.2, 0.25) is 0 Å². The van der Waals surface area contributed by atoms with Gasteiger partial charge in [-0.15, -0.1) is 0 Å². The van der Waals surface area contributed by atoms with Crippen LogP contribution in [0.1, 0.15) is 13.8 Å². The van der Waals surface area contributed by atoms with Crippen molar-refractivity contribution >= 4 is 57.0 Å². The molecule has 0 radical (unpaired) electrons. The Bertz CT molecular complexity index is 340. The molecular weight excluding hydrogens is 490 g/mol. The van der Waals surface area contributed by atoms with Crippen molar-refractivity contribution in [3.05, 3.63) is 0 Å². The fourth-order valence-electron chi connectivity index (χ4n) is 1.61. The molecule has 0 aliphatic carbocycles. The number of alkyl halides is 2. The Hall–Kier alpha value is 0.320. The van der Waals surface area contributed by atoms with Crippen molar-refractivity contribution in [3.8, 4) is 0 Å². The lowest BCUT2D eigenvalue weighted by atomic mass is 9.81. The number of rotatable bonds is 9. The summed E-state index contributed by atoms with van der Waals surface area (Å²) in [5.74, 6) is -2.76. The molecule has 2 amide bonds. The fraction of sp³-hybridized carbons (Fsp3) is 0.833. The third kappa shape index (κ3) is 4.41. The zero-order valence-electron chi connectivity index (χ0n) is 12.2. The van der Waals surface area contributed by atoms with Crippen LogP contribution in [0.15, 0.2) is 0 Å². The van der Waals surface area contributed by atoms with Crippen molar-refractivity contribution in [1.82, 2.24) is 4.90 Å². The highest BCUT2D eigenvalue weighted by Gasteiger charge is 2.58. The van der Waals surface area contributed by atoms with Crippen LogP contribution in [-0.4, -0.2) is 58.7 Å². The molecule has 0 aromatic heterocycles. The highest BCUT2D eigenvalue weighted by atomic mass is 127. The van der Waals surface area contributed by atoms with E-state index in [0.29, 0.717) is 8.86 Å². The van der Waals surface area contributed by atoms with Crippen LogP contribution in [0.4, 0.5) is 0 Å². The maximum atomic E-state index is 12.6. The molecule has 0 rings (SSSR count). The van der Waals surface area contributed by atoms with E-state index in [0.717, 1.165) is 0 Å². The first kappa shape index (κ1) is 20.3. The minimum Gasteiger partial charge on any atom is -0.369 e. The van der Waals surface area contributed by atoms with Crippen molar-refractivity contribution in [1.29, 1.82) is 0 Å². The van der Waals surface area contributed by atoms with Crippen molar-refractivity contribution < 1.29 is 19.1 Å². The minimum absolute atomic E-state index is 0.290. The van der Waals surface area contributed by atoms with Crippen molar-refractivity contribution in [2.45, 2.75) is 19.6 Å². The summed E-state index contributed by atoms with van der Waals surface area (Å²) in [5.41, 5.74) is 4.18. The number of carbonyl (C=O) groups excluding carboxylic acids is 2. The third-order valence-electron chi connectivity index (χ3n) is 2.89. The van der Waals surface area contributed by atoms with Gasteiger partial charge in [0.05, 0.1) is 13.2 Å². The van der Waals surface area contributed by atoms with Crippen molar-refractivity contribution in [2.24, 2.45) is 11.1 Å². The highest BCUT2D eigenvalue weighted by molar-refractivity contribution is 14.1. The first-order valence-corrected chi connectivity index (χ1v) is 9.14. The van der Waals surface area contributed by atoms with E-state index in [4.69, 9.17) is 15.2 Å². The lowest BCUT2D eigenvalue weighted by molar-refractivity contribution is -0.270. The smallest absolute Gasteiger partial charge is 0.283 e. The van der Waals surface area contributed by atoms with Crippen LogP contribution in [0.5, 0.6) is 0 Å². The number of nitrogens with zero attached hydrogens (tertiary/aromatic N) is 1. The van der Waals surface area contributed by atoms with E-state index in [9.17, 15) is 9.59 Å². The van der Waals surface area contributed by atoms with E-state index >= 15 is 0 Å². The van der Waals surface area contributed by atoms with Gasteiger partial charge in [-0.25, -0.2) is 0 Å². The van der Waals surface area contributed by atoms with Gasteiger partial charge in [-0.1, -0.05) is 45.2 Å². The van der Waals surface area contributed by atoms with Gasteiger partial charge >= 0.3 is 0 Å². The zero-order chi connectivity index (χ0) is 16.0. The summed E-state index contributed by atoms with van der Waals surface area (Å²) in [6.07, 6.45) is 0. The van der Waals surface area contributed by atoms with Gasteiger partial charge in [-0.3, -0.25) is 9.59 Å². The van der Waals surface area contributed by atoms with Crippen molar-refractivity contribution in [3.63, 3.8) is 0 Å². The molecule has 118 valence electrons. The number of hydrogen-bond acceptors (Lipinski definition) is 4. The third-order valence-corrected chi connectivity index (χ3v) is 3.77. The number of ether oxygens (including phenoxy) is 2. The molecule has 0 aromatic carbocycles. The summed E-state index contributed by atoms with van der Waals surface area (Å²) in [5, 5.41) is 0. The molecule has 0 atom stereocenters. The Kier molecular flexibility index (Phi) is 8.83. The number of amides is 2. The van der Waals surface area contributed by atoms with Gasteiger partial charge in [0.1, 0.15) is 5.41 Å². The summed E-state index contributed by atoms with van der Waals surface area (Å²) in [6, 6.07) is 0. The van der Waals surface area contributed by atoms with E-state index in [1.165, 1.54) is 4.90 Å². The van der Waals surface area contributed by atoms with Gasteiger partial charge < -0.3 is 20.1 Å². The Labute approximate surface area is 147 Å². The fourth-order valence-corrected chi connectivity index (χ4v) is 2.05. The quantitative estimate of drug-likeness (QED) is 0.286. The maximum absolute atomic E-state index is 12.6. The Morgan fingerprint density at radius 1 is 1.10 bits per heavy atom. The molecule has 0 aliphatic rings. The molecule has 6 nitrogen and oxygen atoms in total. The predicted molar refractivity (Wildman–Crippen MR) is 94.1 cm³/mol. The molecule has 0 heterocycles. The molecule has 0 bridgehead atoms. The number of nitrogens with two attached hydrogens (primary N) is 1. The summed E-state index contributed by atoms with van der Waals surface area (Å²) in [4.78, 5) is 25.8. The van der Waals surface area contributed by atoms with E-state index in [1.54, 1.807) is 27.9 Å². The summed E-state index contributed by atoms with van der Waals surface area (Å²) in [6.45, 7) is 3.71. The normalized spacial score (nSPS) is 12.3. The zero-order valence-corrected chi connectivity index (χ0v) is 16.6. The number of likely N-dealkylation sites (N-methyl/N-ethyl adjacent to an activating group) is 1. The molecular formula is C12H22I2N2O4. The average molecular weight is 512 g/mol. The lowest BCUT2D eigenvalue weighted by Crippen LogP contribution is -2.64. The number of carbonyl (C=O) groups is 2. The topological polar surface area (TPSA) is 81.9 Å². The second-order valence-electron chi connectivity index (χ2n) is 4.88. The van der Waals surface area contributed by atoms with Gasteiger partial charge in [0.15, 0.2) is 0 Å². The second kappa shape index (κ2) is 8.69. The molecule has 0 spiro atoms. The molecule has 0 saturated heterocycles. The molecule has 20 heavy (non-hydrogen) atoms. The lowest BCUT2D eigenvalue weighted by Gasteiger charge is -2.43. The summed E-state index contributed by atoms with van der Waals surface area (Å²) >= 11 is 4.26. The van der Waals surface area contributed by atoms with Crippen LogP contribution >= 0.6 is 45.2 Å². The average Bonchev–Trinajstić information content (AvgIpc) is 2.38.